The average Bonchev–Trinajstić information content (AvgIpc) is 3.46. The van der Waals surface area contributed by atoms with Crippen LogP contribution in [0.15, 0.2) is 23.3 Å². The van der Waals surface area contributed by atoms with E-state index in [0.29, 0.717) is 42.8 Å². The molecule has 2 aromatic heterocycles. The van der Waals surface area contributed by atoms with Crippen LogP contribution >= 0.6 is 0 Å². The first kappa shape index (κ1) is 15.9. The highest BCUT2D eigenvalue weighted by Crippen LogP contribution is 2.37. The summed E-state index contributed by atoms with van der Waals surface area (Å²) >= 11 is 0. The molecule has 8 heteroatoms. The van der Waals surface area contributed by atoms with E-state index in [-0.39, 0.29) is 11.5 Å². The van der Waals surface area contributed by atoms with Gasteiger partial charge in [-0.05, 0) is 19.8 Å². The summed E-state index contributed by atoms with van der Waals surface area (Å²) in [6.07, 6.45) is 5.41. The van der Waals surface area contributed by atoms with Crippen LogP contribution in [0.1, 0.15) is 52.5 Å². The number of amides is 1. The standard InChI is InChI=1S/C17H19N5O3/c1-10-20-13(6-15(23)21-10)14-9-25-5-4-22(14)17(24)12-7-18-16(19-8-12)11-2-3-11/h6-8,11,14H,2-5,9H2,1H3,(H,20,21,23)/t14-/m1/s1. The van der Waals surface area contributed by atoms with E-state index >= 15 is 0 Å². The number of hydrogen-bond donors (Lipinski definition) is 1. The van der Waals surface area contributed by atoms with Gasteiger partial charge in [-0.3, -0.25) is 9.59 Å². The van der Waals surface area contributed by atoms with E-state index in [4.69, 9.17) is 4.74 Å². The summed E-state index contributed by atoms with van der Waals surface area (Å²) in [6, 6.07) is 1.02. The number of carbonyl (C=O) groups is 1. The molecule has 25 heavy (non-hydrogen) atoms. The number of rotatable bonds is 3. The highest BCUT2D eigenvalue weighted by atomic mass is 16.5. The third kappa shape index (κ3) is 3.30. The van der Waals surface area contributed by atoms with Crippen molar-refractivity contribution in [1.29, 1.82) is 0 Å². The Balaban J connectivity index is 1.61. The van der Waals surface area contributed by atoms with Gasteiger partial charge in [-0.15, -0.1) is 0 Å². The molecule has 4 rings (SSSR count). The van der Waals surface area contributed by atoms with Crippen molar-refractivity contribution in [3.8, 4) is 0 Å². The molecule has 0 aromatic carbocycles. The third-order valence-corrected chi connectivity index (χ3v) is 4.47. The Hall–Kier alpha value is -2.61. The minimum absolute atomic E-state index is 0.171. The molecule has 1 aliphatic heterocycles. The maximum absolute atomic E-state index is 12.9. The minimum Gasteiger partial charge on any atom is -0.377 e. The van der Waals surface area contributed by atoms with Crippen molar-refractivity contribution in [2.75, 3.05) is 19.8 Å². The summed E-state index contributed by atoms with van der Waals surface area (Å²) in [4.78, 5) is 42.0. The van der Waals surface area contributed by atoms with E-state index < -0.39 is 6.04 Å². The van der Waals surface area contributed by atoms with E-state index in [1.807, 2.05) is 0 Å². The van der Waals surface area contributed by atoms with Gasteiger partial charge in [0.1, 0.15) is 11.6 Å². The second-order valence-corrected chi connectivity index (χ2v) is 6.45. The molecule has 2 aromatic rings. The van der Waals surface area contributed by atoms with Gasteiger partial charge in [0.2, 0.25) is 0 Å². The van der Waals surface area contributed by atoms with Crippen LogP contribution < -0.4 is 5.56 Å². The van der Waals surface area contributed by atoms with Gasteiger partial charge in [0.15, 0.2) is 0 Å². The molecule has 1 atom stereocenters. The molecule has 0 radical (unpaired) electrons. The molecule has 1 saturated heterocycles. The van der Waals surface area contributed by atoms with Gasteiger partial charge in [0.25, 0.3) is 11.5 Å². The highest BCUT2D eigenvalue weighted by molar-refractivity contribution is 5.94. The van der Waals surface area contributed by atoms with Gasteiger partial charge in [0.05, 0.1) is 30.5 Å². The van der Waals surface area contributed by atoms with Crippen molar-refractivity contribution in [1.82, 2.24) is 24.8 Å². The third-order valence-electron chi connectivity index (χ3n) is 4.47. The topological polar surface area (TPSA) is 101 Å². The Labute approximate surface area is 144 Å². The van der Waals surface area contributed by atoms with Gasteiger partial charge in [-0.1, -0.05) is 0 Å². The molecule has 0 spiro atoms. The number of nitrogens with zero attached hydrogens (tertiary/aromatic N) is 4. The number of H-pyrrole nitrogens is 1. The van der Waals surface area contributed by atoms with Crippen LogP contribution in [-0.2, 0) is 4.74 Å². The number of hydrogen-bond acceptors (Lipinski definition) is 6. The summed E-state index contributed by atoms with van der Waals surface area (Å²) in [5.41, 5.74) is 0.736. The fraction of sp³-hybridized carbons (Fsp3) is 0.471. The molecule has 2 fully saturated rings. The van der Waals surface area contributed by atoms with Crippen molar-refractivity contribution in [2.45, 2.75) is 31.7 Å². The molecule has 3 heterocycles. The van der Waals surface area contributed by atoms with Crippen molar-refractivity contribution in [3.05, 3.63) is 51.7 Å². The predicted molar refractivity (Wildman–Crippen MR) is 88.2 cm³/mol. The first-order valence-electron chi connectivity index (χ1n) is 8.40. The second kappa shape index (κ2) is 6.36. The van der Waals surface area contributed by atoms with Crippen LogP contribution in [0.5, 0.6) is 0 Å². The fourth-order valence-electron chi connectivity index (χ4n) is 3.03. The smallest absolute Gasteiger partial charge is 0.257 e. The Morgan fingerprint density at radius 2 is 2.08 bits per heavy atom. The van der Waals surface area contributed by atoms with Crippen molar-refractivity contribution < 1.29 is 9.53 Å². The van der Waals surface area contributed by atoms with Gasteiger partial charge in [-0.25, -0.2) is 15.0 Å². The van der Waals surface area contributed by atoms with Crippen molar-refractivity contribution >= 4 is 5.91 Å². The summed E-state index contributed by atoms with van der Waals surface area (Å²) in [7, 11) is 0. The zero-order chi connectivity index (χ0) is 17.4. The molecular weight excluding hydrogens is 322 g/mol. The van der Waals surface area contributed by atoms with Crippen LogP contribution in [-0.4, -0.2) is 50.5 Å². The first-order valence-corrected chi connectivity index (χ1v) is 8.40. The van der Waals surface area contributed by atoms with Crippen LogP contribution in [0.25, 0.3) is 0 Å². The number of aromatic amines is 1. The zero-order valence-electron chi connectivity index (χ0n) is 13.9. The lowest BCUT2D eigenvalue weighted by Crippen LogP contribution is -2.44. The molecule has 8 nitrogen and oxygen atoms in total. The van der Waals surface area contributed by atoms with Crippen LogP contribution in [0.3, 0.4) is 0 Å². The highest BCUT2D eigenvalue weighted by Gasteiger charge is 2.32. The van der Waals surface area contributed by atoms with E-state index in [2.05, 4.69) is 19.9 Å². The van der Waals surface area contributed by atoms with Crippen molar-refractivity contribution in [2.24, 2.45) is 0 Å². The summed E-state index contributed by atoms with van der Waals surface area (Å²) in [6.45, 7) is 2.90. The Morgan fingerprint density at radius 3 is 2.76 bits per heavy atom. The molecule has 1 aliphatic carbocycles. The van der Waals surface area contributed by atoms with Gasteiger partial charge >= 0.3 is 0 Å². The molecule has 130 valence electrons. The lowest BCUT2D eigenvalue weighted by molar-refractivity contribution is -0.00406. The minimum atomic E-state index is -0.398. The van der Waals surface area contributed by atoms with Gasteiger partial charge in [0, 0.05) is 30.9 Å². The van der Waals surface area contributed by atoms with E-state index in [1.54, 1.807) is 24.2 Å². The summed E-state index contributed by atoms with van der Waals surface area (Å²) in [5.74, 6) is 1.60. The lowest BCUT2D eigenvalue weighted by atomic mass is 10.1. The van der Waals surface area contributed by atoms with E-state index in [9.17, 15) is 9.59 Å². The summed E-state index contributed by atoms with van der Waals surface area (Å²) in [5, 5.41) is 0. The quantitative estimate of drug-likeness (QED) is 0.892. The fourth-order valence-corrected chi connectivity index (χ4v) is 3.03. The first-order chi connectivity index (χ1) is 12.1. The zero-order valence-corrected chi connectivity index (χ0v) is 13.9. The number of morpholine rings is 1. The number of ether oxygens (including phenoxy) is 1. The summed E-state index contributed by atoms with van der Waals surface area (Å²) < 4.78 is 5.51. The number of carbonyl (C=O) groups excluding carboxylic acids is 1. The average molecular weight is 341 g/mol. The van der Waals surface area contributed by atoms with Crippen molar-refractivity contribution in [3.63, 3.8) is 0 Å². The lowest BCUT2D eigenvalue weighted by Gasteiger charge is -2.35. The SMILES string of the molecule is Cc1nc([C@H]2COCCN2C(=O)c2cnc(C3CC3)nc2)cc(=O)[nH]1. The number of aryl methyl sites for hydroxylation is 1. The molecule has 1 saturated carbocycles. The largest absolute Gasteiger partial charge is 0.377 e. The Morgan fingerprint density at radius 1 is 1.32 bits per heavy atom. The molecular formula is C17H19N5O3. The van der Waals surface area contributed by atoms with E-state index in [0.717, 1.165) is 18.7 Å². The maximum Gasteiger partial charge on any atom is 0.257 e. The van der Waals surface area contributed by atoms with Crippen LogP contribution in [0.4, 0.5) is 0 Å². The van der Waals surface area contributed by atoms with Gasteiger partial charge < -0.3 is 14.6 Å². The van der Waals surface area contributed by atoms with Crippen LogP contribution in [0, 0.1) is 6.92 Å². The molecule has 1 amide bonds. The maximum atomic E-state index is 12.9. The normalized spacial score (nSPS) is 20.5. The molecule has 0 bridgehead atoms. The van der Waals surface area contributed by atoms with E-state index in [1.165, 1.54) is 6.07 Å². The Bertz CT molecular complexity index is 844. The second-order valence-electron chi connectivity index (χ2n) is 6.45. The molecule has 1 N–H and O–H groups in total. The molecule has 2 aliphatic rings. The van der Waals surface area contributed by atoms with Crippen LogP contribution in [0.2, 0.25) is 0 Å². The van der Waals surface area contributed by atoms with Gasteiger partial charge in [-0.2, -0.15) is 0 Å². The number of aromatic nitrogens is 4. The number of nitrogens with one attached hydrogen (secondary N) is 1. The Kier molecular flexibility index (Phi) is 4.04. The molecule has 0 unspecified atom stereocenters. The predicted octanol–water partition coefficient (Wildman–Crippen LogP) is 0.959. The monoisotopic (exact) mass is 341 g/mol.